The number of ether oxygens (including phenoxy) is 1. The highest BCUT2D eigenvalue weighted by Crippen LogP contribution is 2.24. The Bertz CT molecular complexity index is 1550. The summed E-state index contributed by atoms with van der Waals surface area (Å²) in [7, 11) is 1.59. The molecule has 0 aliphatic rings. The summed E-state index contributed by atoms with van der Waals surface area (Å²) in [6.45, 7) is 0. The highest BCUT2D eigenvalue weighted by Gasteiger charge is 2.16. The maximum atomic E-state index is 13.0. The maximum absolute atomic E-state index is 13.0. The molecule has 5 aromatic rings. The lowest BCUT2D eigenvalue weighted by Gasteiger charge is -2.11. The molecule has 0 saturated heterocycles. The third-order valence-corrected chi connectivity index (χ3v) is 5.59. The first-order valence-electron chi connectivity index (χ1n) is 11.5. The van der Waals surface area contributed by atoms with E-state index in [1.165, 1.54) is 0 Å². The van der Waals surface area contributed by atoms with E-state index in [4.69, 9.17) is 9.26 Å². The largest absolute Gasteiger partial charge is 0.497 e. The predicted octanol–water partition coefficient (Wildman–Crippen LogP) is 3.75. The minimum absolute atomic E-state index is 0.0425. The number of aromatic nitrogens is 4. The van der Waals surface area contributed by atoms with Crippen LogP contribution in [0.5, 0.6) is 5.75 Å². The molecular weight excluding hydrogens is 472 g/mol. The maximum Gasteiger partial charge on any atom is 0.270 e. The van der Waals surface area contributed by atoms with Gasteiger partial charge < -0.3 is 9.26 Å². The van der Waals surface area contributed by atoms with Gasteiger partial charge in [-0.25, -0.2) is 4.98 Å². The van der Waals surface area contributed by atoms with Gasteiger partial charge in [0, 0.05) is 30.0 Å². The number of amides is 2. The number of hydrogen-bond acceptors (Lipinski definition) is 8. The highest BCUT2D eigenvalue weighted by molar-refractivity contribution is 6.07. The SMILES string of the molecule is COc1ccc(-c2noc(CCC(=O)NNC(=O)c3cc(-c4ccccn4)nc4ccccc34)n2)cc1. The van der Waals surface area contributed by atoms with Gasteiger partial charge in [0.25, 0.3) is 5.91 Å². The molecule has 3 aromatic heterocycles. The summed E-state index contributed by atoms with van der Waals surface area (Å²) in [5.74, 6) is 0.579. The summed E-state index contributed by atoms with van der Waals surface area (Å²) in [5, 5.41) is 4.61. The lowest BCUT2D eigenvalue weighted by molar-refractivity contribution is -0.121. The van der Waals surface area contributed by atoms with Gasteiger partial charge in [0.1, 0.15) is 5.75 Å². The Morgan fingerprint density at radius 1 is 0.919 bits per heavy atom. The Labute approximate surface area is 211 Å². The fraction of sp³-hybridized carbons (Fsp3) is 0.111. The van der Waals surface area contributed by atoms with E-state index >= 15 is 0 Å². The van der Waals surface area contributed by atoms with Crippen LogP contribution in [0.2, 0.25) is 0 Å². The first kappa shape index (κ1) is 23.6. The standard InChI is InChI=1S/C27H22N6O4/c1-36-18-11-9-17(10-12-18)26-30-25(37-33-26)14-13-24(34)31-32-27(35)20-16-23(22-8-4-5-15-28-22)29-21-7-3-2-6-19(20)21/h2-12,15-16H,13-14H2,1H3,(H,31,34)(H,32,35). The Kier molecular flexibility index (Phi) is 6.80. The topological polar surface area (TPSA) is 132 Å². The van der Waals surface area contributed by atoms with Gasteiger partial charge in [0.05, 0.1) is 29.6 Å². The van der Waals surface area contributed by atoms with E-state index in [9.17, 15) is 9.59 Å². The van der Waals surface area contributed by atoms with Crippen LogP contribution >= 0.6 is 0 Å². The van der Waals surface area contributed by atoms with E-state index < -0.39 is 11.8 Å². The van der Waals surface area contributed by atoms with Crippen molar-refractivity contribution in [2.24, 2.45) is 0 Å². The number of nitrogens with zero attached hydrogens (tertiary/aromatic N) is 4. The van der Waals surface area contributed by atoms with Gasteiger partial charge in [-0.2, -0.15) is 4.98 Å². The van der Waals surface area contributed by atoms with Crippen LogP contribution in [0.4, 0.5) is 0 Å². The number of aryl methyl sites for hydroxylation is 1. The van der Waals surface area contributed by atoms with Crippen molar-refractivity contribution >= 4 is 22.7 Å². The second-order valence-corrected chi connectivity index (χ2v) is 8.03. The molecule has 5 rings (SSSR count). The third-order valence-electron chi connectivity index (χ3n) is 5.59. The molecule has 0 fully saturated rings. The van der Waals surface area contributed by atoms with E-state index in [1.54, 1.807) is 37.6 Å². The number of hydrazine groups is 1. The molecule has 0 spiro atoms. The number of methoxy groups -OCH3 is 1. The molecule has 10 heteroatoms. The van der Waals surface area contributed by atoms with Gasteiger partial charge in [0.2, 0.25) is 17.6 Å². The first-order valence-corrected chi connectivity index (χ1v) is 11.5. The minimum Gasteiger partial charge on any atom is -0.497 e. The van der Waals surface area contributed by atoms with Crippen LogP contribution < -0.4 is 15.6 Å². The molecule has 0 aliphatic carbocycles. The zero-order valence-corrected chi connectivity index (χ0v) is 19.8. The molecule has 0 saturated carbocycles. The Morgan fingerprint density at radius 2 is 1.73 bits per heavy atom. The number of benzene rings is 2. The molecule has 0 unspecified atom stereocenters. The van der Waals surface area contributed by atoms with Crippen molar-refractivity contribution in [1.82, 2.24) is 31.0 Å². The third kappa shape index (κ3) is 5.43. The molecule has 2 amide bonds. The molecule has 2 N–H and O–H groups in total. The van der Waals surface area contributed by atoms with Crippen molar-refractivity contribution < 1.29 is 18.8 Å². The van der Waals surface area contributed by atoms with Crippen LogP contribution in [-0.4, -0.2) is 39.0 Å². The number of fused-ring (bicyclic) bond motifs is 1. The lowest BCUT2D eigenvalue weighted by atomic mass is 10.1. The van der Waals surface area contributed by atoms with E-state index in [-0.39, 0.29) is 12.8 Å². The average molecular weight is 495 g/mol. The molecule has 0 atom stereocenters. The molecule has 10 nitrogen and oxygen atoms in total. The molecule has 2 aromatic carbocycles. The molecule has 184 valence electrons. The summed E-state index contributed by atoms with van der Waals surface area (Å²) in [5.41, 5.74) is 7.90. The van der Waals surface area contributed by atoms with Crippen LogP contribution in [0.3, 0.4) is 0 Å². The predicted molar refractivity (Wildman–Crippen MR) is 135 cm³/mol. The summed E-state index contributed by atoms with van der Waals surface area (Å²) in [6.07, 6.45) is 1.92. The monoisotopic (exact) mass is 494 g/mol. The van der Waals surface area contributed by atoms with Crippen molar-refractivity contribution in [3.05, 3.63) is 90.4 Å². The molecule has 3 heterocycles. The molecular formula is C27H22N6O4. The zero-order valence-electron chi connectivity index (χ0n) is 19.8. The lowest BCUT2D eigenvalue weighted by Crippen LogP contribution is -2.41. The van der Waals surface area contributed by atoms with Crippen molar-refractivity contribution in [3.8, 4) is 28.5 Å². The number of para-hydroxylation sites is 1. The summed E-state index contributed by atoms with van der Waals surface area (Å²) >= 11 is 0. The van der Waals surface area contributed by atoms with Crippen molar-refractivity contribution in [3.63, 3.8) is 0 Å². The fourth-order valence-corrected chi connectivity index (χ4v) is 3.70. The second kappa shape index (κ2) is 10.6. The molecule has 37 heavy (non-hydrogen) atoms. The van der Waals surface area contributed by atoms with Crippen LogP contribution in [0.25, 0.3) is 33.7 Å². The van der Waals surface area contributed by atoms with Crippen LogP contribution in [0.1, 0.15) is 22.7 Å². The Morgan fingerprint density at radius 3 is 2.51 bits per heavy atom. The Balaban J connectivity index is 1.22. The summed E-state index contributed by atoms with van der Waals surface area (Å²) in [4.78, 5) is 38.7. The van der Waals surface area contributed by atoms with Crippen LogP contribution in [0.15, 0.2) is 83.5 Å². The van der Waals surface area contributed by atoms with E-state index in [1.807, 2.05) is 48.5 Å². The van der Waals surface area contributed by atoms with Crippen molar-refractivity contribution in [2.45, 2.75) is 12.8 Å². The number of rotatable bonds is 7. The first-order chi connectivity index (χ1) is 18.1. The van der Waals surface area contributed by atoms with Crippen molar-refractivity contribution in [2.75, 3.05) is 7.11 Å². The van der Waals surface area contributed by atoms with Gasteiger partial charge >= 0.3 is 0 Å². The van der Waals surface area contributed by atoms with E-state index in [2.05, 4.69) is 31.0 Å². The summed E-state index contributed by atoms with van der Waals surface area (Å²) < 4.78 is 10.4. The minimum atomic E-state index is -0.469. The zero-order chi connectivity index (χ0) is 25.6. The summed E-state index contributed by atoms with van der Waals surface area (Å²) in [6, 6.07) is 21.7. The van der Waals surface area contributed by atoms with Crippen LogP contribution in [0, 0.1) is 0 Å². The number of nitrogens with one attached hydrogen (secondary N) is 2. The number of hydrogen-bond donors (Lipinski definition) is 2. The quantitative estimate of drug-likeness (QED) is 0.327. The number of carbonyl (C=O) groups excluding carboxylic acids is 2. The van der Waals surface area contributed by atoms with Gasteiger partial charge in [0.15, 0.2) is 0 Å². The van der Waals surface area contributed by atoms with E-state index in [0.717, 1.165) is 11.3 Å². The molecule has 0 aliphatic heterocycles. The van der Waals surface area contributed by atoms with Gasteiger partial charge in [-0.1, -0.05) is 29.4 Å². The van der Waals surface area contributed by atoms with E-state index in [0.29, 0.717) is 39.6 Å². The van der Waals surface area contributed by atoms with Crippen LogP contribution in [-0.2, 0) is 11.2 Å². The fourth-order valence-electron chi connectivity index (χ4n) is 3.70. The smallest absolute Gasteiger partial charge is 0.270 e. The van der Waals surface area contributed by atoms with Gasteiger partial charge in [-0.3, -0.25) is 25.4 Å². The number of pyridine rings is 2. The average Bonchev–Trinajstić information content (AvgIpc) is 3.44. The molecule has 0 radical (unpaired) electrons. The highest BCUT2D eigenvalue weighted by atomic mass is 16.5. The van der Waals surface area contributed by atoms with Gasteiger partial charge in [-0.05, 0) is 48.5 Å². The molecule has 0 bridgehead atoms. The number of carbonyl (C=O) groups is 2. The second-order valence-electron chi connectivity index (χ2n) is 8.03. The normalized spacial score (nSPS) is 10.7. The van der Waals surface area contributed by atoms with Crippen molar-refractivity contribution in [1.29, 1.82) is 0 Å². The van der Waals surface area contributed by atoms with Gasteiger partial charge in [-0.15, -0.1) is 0 Å². The Hall–Kier alpha value is -5.12.